The minimum absolute atomic E-state index is 0.254. The van der Waals surface area contributed by atoms with Crippen LogP contribution < -0.4 is 0 Å². The first kappa shape index (κ1) is 16.1. The summed E-state index contributed by atoms with van der Waals surface area (Å²) in [6.07, 6.45) is 6.65. The van der Waals surface area contributed by atoms with Gasteiger partial charge >= 0.3 is 5.97 Å². The molecular weight excluding hydrogens is 256 g/mol. The normalized spacial score (nSPS) is 15.3. The molecule has 1 fully saturated rings. The summed E-state index contributed by atoms with van der Waals surface area (Å²) in [7, 11) is 1.42. The van der Waals surface area contributed by atoms with Gasteiger partial charge in [-0.25, -0.2) is 4.79 Å². The Hall–Kier alpha value is -0.960. The van der Waals surface area contributed by atoms with Crippen LogP contribution in [0.5, 0.6) is 0 Å². The van der Waals surface area contributed by atoms with Crippen molar-refractivity contribution in [3.63, 3.8) is 0 Å². The fraction of sp³-hybridized carbons (Fsp3) is 0.562. The molecular formula is C16H24O2S. The van der Waals surface area contributed by atoms with E-state index < -0.39 is 0 Å². The van der Waals surface area contributed by atoms with Gasteiger partial charge in [-0.15, -0.1) is 11.8 Å². The van der Waals surface area contributed by atoms with Crippen molar-refractivity contribution in [3.8, 4) is 0 Å². The summed E-state index contributed by atoms with van der Waals surface area (Å²) in [4.78, 5) is 12.6. The molecule has 0 amide bonds. The molecule has 0 atom stereocenters. The average Bonchev–Trinajstić information content (AvgIpc) is 2.50. The molecule has 0 bridgehead atoms. The predicted octanol–water partition coefficient (Wildman–Crippen LogP) is 4.92. The van der Waals surface area contributed by atoms with Crippen molar-refractivity contribution in [2.45, 2.75) is 56.1 Å². The van der Waals surface area contributed by atoms with E-state index in [1.807, 2.05) is 37.7 Å². The number of benzene rings is 1. The van der Waals surface area contributed by atoms with E-state index in [1.54, 1.807) is 6.07 Å². The summed E-state index contributed by atoms with van der Waals surface area (Å²) in [5, 5.41) is 0.719. The molecule has 1 aromatic carbocycles. The summed E-state index contributed by atoms with van der Waals surface area (Å²) in [5.41, 5.74) is 0.647. The lowest BCUT2D eigenvalue weighted by molar-refractivity contribution is 0.0600. The second-order valence-corrected chi connectivity index (χ2v) is 5.77. The Kier molecular flexibility index (Phi) is 7.65. The number of rotatable bonds is 3. The SMILES string of the molecule is CC.COC(=O)c1cccc(SC2CCCCC2)c1. The van der Waals surface area contributed by atoms with Crippen molar-refractivity contribution in [1.29, 1.82) is 0 Å². The van der Waals surface area contributed by atoms with E-state index in [4.69, 9.17) is 4.74 Å². The Morgan fingerprint density at radius 2 is 1.89 bits per heavy atom. The summed E-state index contributed by atoms with van der Waals surface area (Å²) in [6.45, 7) is 4.00. The molecule has 0 N–H and O–H groups in total. The van der Waals surface area contributed by atoms with Gasteiger partial charge in [-0.3, -0.25) is 0 Å². The van der Waals surface area contributed by atoms with Gasteiger partial charge in [-0.05, 0) is 31.0 Å². The Balaban J connectivity index is 0.000000861. The number of carbonyl (C=O) groups is 1. The Morgan fingerprint density at radius 1 is 1.21 bits per heavy atom. The Labute approximate surface area is 120 Å². The largest absolute Gasteiger partial charge is 0.465 e. The first-order chi connectivity index (χ1) is 9.29. The molecule has 1 saturated carbocycles. The van der Waals surface area contributed by atoms with Crippen LogP contribution in [-0.2, 0) is 4.74 Å². The summed E-state index contributed by atoms with van der Waals surface area (Å²) >= 11 is 1.90. The molecule has 19 heavy (non-hydrogen) atoms. The first-order valence-electron chi connectivity index (χ1n) is 7.14. The predicted molar refractivity (Wildman–Crippen MR) is 81.9 cm³/mol. The van der Waals surface area contributed by atoms with E-state index in [1.165, 1.54) is 44.1 Å². The van der Waals surface area contributed by atoms with Crippen molar-refractivity contribution in [3.05, 3.63) is 29.8 Å². The van der Waals surface area contributed by atoms with E-state index in [0.29, 0.717) is 5.56 Å². The second-order valence-electron chi connectivity index (χ2n) is 4.40. The fourth-order valence-electron chi connectivity index (χ4n) is 2.19. The summed E-state index contributed by atoms with van der Waals surface area (Å²) in [5.74, 6) is -0.254. The molecule has 2 rings (SSSR count). The molecule has 2 nitrogen and oxygen atoms in total. The van der Waals surface area contributed by atoms with Crippen molar-refractivity contribution >= 4 is 17.7 Å². The maximum absolute atomic E-state index is 11.4. The van der Waals surface area contributed by atoms with E-state index >= 15 is 0 Å². The third kappa shape index (κ3) is 5.27. The third-order valence-corrected chi connectivity index (χ3v) is 4.44. The highest BCUT2D eigenvalue weighted by Crippen LogP contribution is 2.33. The molecule has 1 aliphatic rings. The van der Waals surface area contributed by atoms with Gasteiger partial charge in [0.05, 0.1) is 12.7 Å². The molecule has 0 radical (unpaired) electrons. The maximum Gasteiger partial charge on any atom is 0.337 e. The minimum atomic E-state index is -0.254. The van der Waals surface area contributed by atoms with E-state index in [9.17, 15) is 4.79 Å². The number of esters is 1. The Bertz CT molecular complexity index is 384. The lowest BCUT2D eigenvalue weighted by Gasteiger charge is -2.21. The average molecular weight is 280 g/mol. The van der Waals surface area contributed by atoms with Gasteiger partial charge in [0.1, 0.15) is 0 Å². The highest BCUT2D eigenvalue weighted by atomic mass is 32.2. The van der Waals surface area contributed by atoms with Crippen LogP contribution in [-0.4, -0.2) is 18.3 Å². The van der Waals surface area contributed by atoms with Crippen LogP contribution in [0.4, 0.5) is 0 Å². The van der Waals surface area contributed by atoms with Crippen LogP contribution in [0.1, 0.15) is 56.3 Å². The second kappa shape index (κ2) is 9.03. The maximum atomic E-state index is 11.4. The van der Waals surface area contributed by atoms with Gasteiger partial charge in [0, 0.05) is 10.1 Å². The van der Waals surface area contributed by atoms with Gasteiger partial charge in [0.15, 0.2) is 0 Å². The van der Waals surface area contributed by atoms with E-state index in [2.05, 4.69) is 6.07 Å². The topological polar surface area (TPSA) is 26.3 Å². The zero-order chi connectivity index (χ0) is 14.1. The van der Waals surface area contributed by atoms with Gasteiger partial charge in [-0.1, -0.05) is 39.2 Å². The molecule has 0 unspecified atom stereocenters. The third-order valence-electron chi connectivity index (χ3n) is 3.11. The highest BCUT2D eigenvalue weighted by Gasteiger charge is 2.15. The van der Waals surface area contributed by atoms with Crippen molar-refractivity contribution in [2.24, 2.45) is 0 Å². The number of ether oxygens (including phenoxy) is 1. The molecule has 0 spiro atoms. The molecule has 0 aliphatic heterocycles. The molecule has 0 aromatic heterocycles. The van der Waals surface area contributed by atoms with Crippen LogP contribution in [0.25, 0.3) is 0 Å². The van der Waals surface area contributed by atoms with Gasteiger partial charge in [0.2, 0.25) is 0 Å². The summed E-state index contributed by atoms with van der Waals surface area (Å²) in [6, 6.07) is 7.74. The molecule has 0 saturated heterocycles. The molecule has 0 heterocycles. The van der Waals surface area contributed by atoms with Crippen LogP contribution in [0.3, 0.4) is 0 Å². The number of hydrogen-bond donors (Lipinski definition) is 0. The number of methoxy groups -OCH3 is 1. The van der Waals surface area contributed by atoms with Crippen LogP contribution in [0.2, 0.25) is 0 Å². The number of carbonyl (C=O) groups excluding carboxylic acids is 1. The van der Waals surface area contributed by atoms with Crippen LogP contribution in [0, 0.1) is 0 Å². The standard InChI is InChI=1S/C14H18O2S.C2H6/c1-16-14(15)11-6-5-9-13(10-11)17-12-7-3-2-4-8-12;1-2/h5-6,9-10,12H,2-4,7-8H2,1H3;1-2H3. The van der Waals surface area contributed by atoms with E-state index in [-0.39, 0.29) is 5.97 Å². The van der Waals surface area contributed by atoms with E-state index in [0.717, 1.165) is 5.25 Å². The highest BCUT2D eigenvalue weighted by molar-refractivity contribution is 8.00. The Morgan fingerprint density at radius 3 is 2.53 bits per heavy atom. The van der Waals surface area contributed by atoms with Gasteiger partial charge in [-0.2, -0.15) is 0 Å². The van der Waals surface area contributed by atoms with Crippen molar-refractivity contribution in [2.75, 3.05) is 7.11 Å². The lowest BCUT2D eigenvalue weighted by atomic mass is 10.0. The number of hydrogen-bond acceptors (Lipinski definition) is 3. The molecule has 106 valence electrons. The van der Waals surface area contributed by atoms with Gasteiger partial charge in [0.25, 0.3) is 0 Å². The summed E-state index contributed by atoms with van der Waals surface area (Å²) < 4.78 is 4.73. The molecule has 1 aliphatic carbocycles. The van der Waals surface area contributed by atoms with Crippen molar-refractivity contribution in [1.82, 2.24) is 0 Å². The molecule has 3 heteroatoms. The zero-order valence-electron chi connectivity index (χ0n) is 12.1. The minimum Gasteiger partial charge on any atom is -0.465 e. The van der Waals surface area contributed by atoms with Crippen molar-refractivity contribution < 1.29 is 9.53 Å². The molecule has 1 aromatic rings. The quantitative estimate of drug-likeness (QED) is 0.735. The first-order valence-corrected chi connectivity index (χ1v) is 8.02. The van der Waals surface area contributed by atoms with Gasteiger partial charge < -0.3 is 4.74 Å². The fourth-order valence-corrected chi connectivity index (χ4v) is 3.50. The number of thioether (sulfide) groups is 1. The zero-order valence-corrected chi connectivity index (χ0v) is 13.0. The smallest absolute Gasteiger partial charge is 0.337 e. The van der Waals surface area contributed by atoms with Crippen LogP contribution >= 0.6 is 11.8 Å². The lowest BCUT2D eigenvalue weighted by Crippen LogP contribution is -2.08. The monoisotopic (exact) mass is 280 g/mol. The van der Waals surface area contributed by atoms with Crippen LogP contribution in [0.15, 0.2) is 29.2 Å².